The molecule has 24 heavy (non-hydrogen) atoms. The molecule has 0 radical (unpaired) electrons. The minimum atomic E-state index is -0.492. The third-order valence-corrected chi connectivity index (χ3v) is 4.24. The van der Waals surface area contributed by atoms with E-state index in [2.05, 4.69) is 15.0 Å². The van der Waals surface area contributed by atoms with Gasteiger partial charge in [-0.3, -0.25) is 0 Å². The molecule has 0 saturated heterocycles. The van der Waals surface area contributed by atoms with E-state index >= 15 is 0 Å². The third-order valence-electron chi connectivity index (χ3n) is 3.87. The van der Waals surface area contributed by atoms with Crippen molar-refractivity contribution in [2.75, 3.05) is 0 Å². The van der Waals surface area contributed by atoms with E-state index in [9.17, 15) is 0 Å². The number of furan rings is 1. The number of aromatic nitrogens is 4. The number of hydrogen-bond donors (Lipinski definition) is 1. The first-order valence-electron chi connectivity index (χ1n) is 7.42. The second kappa shape index (κ2) is 6.07. The minimum Gasteiger partial charge on any atom is -0.467 e. The fraction of sp³-hybridized carbons (Fsp3) is 0.118. The van der Waals surface area contributed by atoms with Gasteiger partial charge >= 0.3 is 0 Å². The number of rotatable bonds is 4. The Morgan fingerprint density at radius 3 is 2.79 bits per heavy atom. The molecule has 0 bridgehead atoms. The largest absolute Gasteiger partial charge is 0.467 e. The van der Waals surface area contributed by atoms with Crippen LogP contribution in [-0.4, -0.2) is 19.5 Å². The van der Waals surface area contributed by atoms with Crippen molar-refractivity contribution in [3.63, 3.8) is 0 Å². The lowest BCUT2D eigenvalue weighted by Gasteiger charge is -2.16. The second-order valence-electron chi connectivity index (χ2n) is 5.39. The monoisotopic (exact) mass is 339 g/mol. The maximum Gasteiger partial charge on any atom is 0.163 e. The van der Waals surface area contributed by atoms with Crippen molar-refractivity contribution < 1.29 is 4.42 Å². The van der Waals surface area contributed by atoms with E-state index in [0.29, 0.717) is 34.5 Å². The number of halogens is 1. The van der Waals surface area contributed by atoms with Gasteiger partial charge in [0, 0.05) is 5.02 Å². The van der Waals surface area contributed by atoms with Gasteiger partial charge in [0.2, 0.25) is 0 Å². The fourth-order valence-electron chi connectivity index (χ4n) is 2.66. The van der Waals surface area contributed by atoms with Crippen molar-refractivity contribution in [3.05, 3.63) is 77.4 Å². The van der Waals surface area contributed by atoms with Gasteiger partial charge in [-0.25, -0.2) is 15.0 Å². The highest BCUT2D eigenvalue weighted by molar-refractivity contribution is 6.31. The Morgan fingerprint density at radius 2 is 2.00 bits per heavy atom. The molecule has 2 aromatic rings. The van der Waals surface area contributed by atoms with Gasteiger partial charge in [0.25, 0.3) is 0 Å². The molecule has 3 heterocycles. The van der Waals surface area contributed by atoms with Crippen LogP contribution < -0.4 is 5.73 Å². The lowest BCUT2D eigenvalue weighted by Crippen LogP contribution is -2.18. The lowest BCUT2D eigenvalue weighted by molar-refractivity contribution is 0.485. The Hall–Kier alpha value is -2.70. The summed E-state index contributed by atoms with van der Waals surface area (Å²) in [4.78, 5) is 13.2. The normalized spacial score (nSPS) is 12.6. The molecule has 120 valence electrons. The van der Waals surface area contributed by atoms with Gasteiger partial charge in [0.1, 0.15) is 23.8 Å². The van der Waals surface area contributed by atoms with Gasteiger partial charge in [-0.2, -0.15) is 0 Å². The maximum absolute atomic E-state index is 6.26. The number of imidazole rings is 1. The highest BCUT2D eigenvalue weighted by atomic mass is 35.5. The quantitative estimate of drug-likeness (QED) is 0.617. The lowest BCUT2D eigenvalue weighted by atomic mass is 10.1. The number of hydrogen-bond acceptors (Lipinski definition) is 5. The van der Waals surface area contributed by atoms with Crippen LogP contribution in [0.3, 0.4) is 0 Å². The van der Waals surface area contributed by atoms with Crippen LogP contribution in [0.5, 0.6) is 0 Å². The van der Waals surface area contributed by atoms with E-state index < -0.39 is 6.04 Å². The van der Waals surface area contributed by atoms with Crippen LogP contribution in [0.15, 0.2) is 59.7 Å². The highest BCUT2D eigenvalue weighted by Gasteiger charge is 2.24. The molecule has 1 unspecified atom stereocenters. The van der Waals surface area contributed by atoms with Crippen molar-refractivity contribution in [1.29, 1.82) is 0 Å². The number of benzene rings is 1. The Bertz CT molecular complexity index is 934. The maximum atomic E-state index is 6.26. The summed E-state index contributed by atoms with van der Waals surface area (Å²) in [6.45, 7) is 0.554. The van der Waals surface area contributed by atoms with Gasteiger partial charge in [-0.05, 0) is 23.8 Å². The number of fused-ring (bicyclic) bond motifs is 1. The second-order valence-corrected chi connectivity index (χ2v) is 5.80. The first-order chi connectivity index (χ1) is 11.7. The first kappa shape index (κ1) is 14.9. The van der Waals surface area contributed by atoms with Gasteiger partial charge < -0.3 is 14.7 Å². The molecule has 2 aliphatic rings. The summed E-state index contributed by atoms with van der Waals surface area (Å²) < 4.78 is 7.28. The molecule has 0 aliphatic carbocycles. The van der Waals surface area contributed by atoms with Crippen molar-refractivity contribution >= 4 is 11.6 Å². The van der Waals surface area contributed by atoms with Crippen LogP contribution in [0.1, 0.15) is 23.1 Å². The van der Waals surface area contributed by atoms with Crippen molar-refractivity contribution in [3.8, 4) is 11.5 Å². The predicted molar refractivity (Wildman–Crippen MR) is 89.7 cm³/mol. The van der Waals surface area contributed by atoms with E-state index in [1.54, 1.807) is 18.7 Å². The number of nitrogens with zero attached hydrogens (tertiary/aromatic N) is 4. The van der Waals surface area contributed by atoms with Gasteiger partial charge in [0.15, 0.2) is 5.82 Å². The molecule has 7 heteroatoms. The van der Waals surface area contributed by atoms with Gasteiger partial charge in [-0.1, -0.05) is 29.8 Å². The topological polar surface area (TPSA) is 82.8 Å². The zero-order valence-electron chi connectivity index (χ0n) is 12.6. The van der Waals surface area contributed by atoms with Gasteiger partial charge in [0.05, 0.1) is 24.8 Å². The van der Waals surface area contributed by atoms with E-state index in [0.717, 1.165) is 5.56 Å². The highest BCUT2D eigenvalue weighted by Crippen LogP contribution is 2.28. The molecular weight excluding hydrogens is 326 g/mol. The van der Waals surface area contributed by atoms with Crippen LogP contribution in [0.25, 0.3) is 11.5 Å². The van der Waals surface area contributed by atoms with Crippen molar-refractivity contribution in [2.45, 2.75) is 12.6 Å². The summed E-state index contributed by atoms with van der Waals surface area (Å²) in [7, 11) is 0. The van der Waals surface area contributed by atoms with Crippen LogP contribution in [0, 0.1) is 0 Å². The molecule has 1 aromatic heterocycles. The summed E-state index contributed by atoms with van der Waals surface area (Å²) in [6.07, 6.45) is 4.80. The molecule has 0 spiro atoms. The Labute approximate surface area is 143 Å². The molecule has 0 fully saturated rings. The molecule has 6 nitrogen and oxygen atoms in total. The average Bonchev–Trinajstić information content (AvgIpc) is 3.28. The zero-order chi connectivity index (χ0) is 16.5. The number of nitrogens with two attached hydrogens (primary N) is 1. The zero-order valence-corrected chi connectivity index (χ0v) is 13.4. The van der Waals surface area contributed by atoms with Crippen molar-refractivity contribution in [2.24, 2.45) is 5.73 Å². The summed E-state index contributed by atoms with van der Waals surface area (Å²) in [5, 5.41) is 0.703. The van der Waals surface area contributed by atoms with Crippen LogP contribution in [-0.2, 0) is 6.54 Å². The Kier molecular flexibility index (Phi) is 3.76. The molecule has 4 rings (SSSR count). The predicted octanol–water partition coefficient (Wildman–Crippen LogP) is 3.12. The molecule has 1 aromatic carbocycles. The molecule has 0 saturated carbocycles. The minimum absolute atomic E-state index is 0.492. The van der Waals surface area contributed by atoms with Crippen LogP contribution in [0.2, 0.25) is 5.02 Å². The van der Waals surface area contributed by atoms with Crippen LogP contribution in [0.4, 0.5) is 0 Å². The summed E-state index contributed by atoms with van der Waals surface area (Å²) in [5.74, 6) is 1.34. The molecular formula is C17H14ClN5O. The Balaban J connectivity index is 1.74. The molecule has 2 aliphatic heterocycles. The molecule has 0 amide bonds. The fourth-order valence-corrected chi connectivity index (χ4v) is 2.85. The molecule has 1 atom stereocenters. The standard InChI is InChI=1S/C17H14ClN5O/c18-12-5-2-1-4-11(12)8-23-10-22-15(16-17(23)21-9-20-16)14(19)13-6-3-7-24-13/h1-7,9-10,14H,8,19H2. The first-order valence-corrected chi connectivity index (χ1v) is 7.80. The van der Waals surface area contributed by atoms with Gasteiger partial charge in [-0.15, -0.1) is 0 Å². The average molecular weight is 340 g/mol. The smallest absolute Gasteiger partial charge is 0.163 e. The Morgan fingerprint density at radius 1 is 1.12 bits per heavy atom. The molecule has 2 N–H and O–H groups in total. The van der Waals surface area contributed by atoms with E-state index in [1.807, 2.05) is 34.9 Å². The SMILES string of the molecule is NC(c1ccco1)c1ncn(Cc2ccccc2Cl)c2ncnc1-2. The van der Waals surface area contributed by atoms with E-state index in [-0.39, 0.29) is 0 Å². The van der Waals surface area contributed by atoms with E-state index in [4.69, 9.17) is 21.8 Å². The summed E-state index contributed by atoms with van der Waals surface area (Å²) in [6, 6.07) is 10.8. The summed E-state index contributed by atoms with van der Waals surface area (Å²) in [5.41, 5.74) is 8.54. The van der Waals surface area contributed by atoms with E-state index in [1.165, 1.54) is 6.33 Å². The van der Waals surface area contributed by atoms with Crippen molar-refractivity contribution in [1.82, 2.24) is 19.5 Å². The summed E-state index contributed by atoms with van der Waals surface area (Å²) >= 11 is 6.25. The van der Waals surface area contributed by atoms with Crippen LogP contribution >= 0.6 is 11.6 Å². The third kappa shape index (κ3) is 2.55.